The van der Waals surface area contributed by atoms with Crippen molar-refractivity contribution in [1.29, 1.82) is 0 Å². The lowest BCUT2D eigenvalue weighted by Crippen LogP contribution is -2.37. The minimum atomic E-state index is -0.367. The van der Waals surface area contributed by atoms with Crippen molar-refractivity contribution in [1.82, 2.24) is 5.32 Å². The van der Waals surface area contributed by atoms with Crippen LogP contribution in [0.2, 0.25) is 0 Å². The van der Waals surface area contributed by atoms with Gasteiger partial charge in [0, 0.05) is 18.0 Å². The van der Waals surface area contributed by atoms with Crippen molar-refractivity contribution >= 4 is 11.6 Å². The van der Waals surface area contributed by atoms with Crippen LogP contribution in [0.4, 0.5) is 0 Å². The SMILES string of the molecule is CCCCCC1=C(NCC(C)(C)C)C(=O)C(C2C=C(C)CCC2)=C(O)C1=O. The van der Waals surface area contributed by atoms with Crippen LogP contribution in [-0.4, -0.2) is 23.2 Å². The van der Waals surface area contributed by atoms with Crippen molar-refractivity contribution in [2.75, 3.05) is 6.54 Å². The van der Waals surface area contributed by atoms with Gasteiger partial charge in [-0.25, -0.2) is 0 Å². The molecule has 4 heteroatoms. The second kappa shape index (κ2) is 8.90. The smallest absolute Gasteiger partial charge is 0.225 e. The van der Waals surface area contributed by atoms with Crippen LogP contribution in [0, 0.1) is 11.3 Å². The Bertz CT molecular complexity index is 689. The molecule has 0 spiro atoms. The first-order valence-corrected chi connectivity index (χ1v) is 10.3. The molecule has 1 atom stereocenters. The molecule has 0 aliphatic heterocycles. The highest BCUT2D eigenvalue weighted by atomic mass is 16.3. The molecule has 4 nitrogen and oxygen atoms in total. The predicted molar refractivity (Wildman–Crippen MR) is 109 cm³/mol. The van der Waals surface area contributed by atoms with Gasteiger partial charge in [0.25, 0.3) is 0 Å². The van der Waals surface area contributed by atoms with Gasteiger partial charge >= 0.3 is 0 Å². The van der Waals surface area contributed by atoms with E-state index in [2.05, 4.69) is 33.0 Å². The summed E-state index contributed by atoms with van der Waals surface area (Å²) >= 11 is 0. The predicted octanol–water partition coefficient (Wildman–Crippen LogP) is 5.17. The normalized spacial score (nSPS) is 21.7. The maximum Gasteiger partial charge on any atom is 0.225 e. The highest BCUT2D eigenvalue weighted by Crippen LogP contribution is 2.36. The molecule has 0 aromatic heterocycles. The van der Waals surface area contributed by atoms with Gasteiger partial charge in [0.05, 0.1) is 11.3 Å². The number of carbonyl (C=O) groups is 2. The maximum atomic E-state index is 13.3. The number of unbranched alkanes of at least 4 members (excludes halogenated alkanes) is 2. The van der Waals surface area contributed by atoms with Crippen molar-refractivity contribution in [2.24, 2.45) is 11.3 Å². The van der Waals surface area contributed by atoms with Crippen LogP contribution in [0.5, 0.6) is 0 Å². The minimum Gasteiger partial charge on any atom is -0.504 e. The molecule has 1 unspecified atom stereocenters. The number of hydrogen-bond donors (Lipinski definition) is 2. The van der Waals surface area contributed by atoms with Crippen LogP contribution in [0.15, 0.2) is 34.3 Å². The highest BCUT2D eigenvalue weighted by Gasteiger charge is 2.38. The lowest BCUT2D eigenvalue weighted by atomic mass is 9.78. The molecule has 2 rings (SSSR count). The van der Waals surface area contributed by atoms with E-state index in [-0.39, 0.29) is 34.2 Å². The van der Waals surface area contributed by atoms with Gasteiger partial charge in [-0.05, 0) is 44.4 Å². The molecule has 150 valence electrons. The molecule has 0 amide bonds. The Morgan fingerprint density at radius 1 is 1.19 bits per heavy atom. The molecule has 2 aliphatic rings. The summed E-state index contributed by atoms with van der Waals surface area (Å²) in [5.41, 5.74) is 2.35. The van der Waals surface area contributed by atoms with Crippen molar-refractivity contribution < 1.29 is 14.7 Å². The summed E-state index contributed by atoms with van der Waals surface area (Å²) in [6.45, 7) is 11.0. The number of aliphatic hydroxyl groups is 1. The van der Waals surface area contributed by atoms with Crippen molar-refractivity contribution in [3.05, 3.63) is 34.3 Å². The van der Waals surface area contributed by atoms with Crippen LogP contribution < -0.4 is 5.32 Å². The van der Waals surface area contributed by atoms with E-state index in [4.69, 9.17) is 0 Å². The van der Waals surface area contributed by atoms with E-state index in [0.717, 1.165) is 38.5 Å². The zero-order valence-corrected chi connectivity index (χ0v) is 17.6. The third-order valence-corrected chi connectivity index (χ3v) is 5.29. The standard InChI is InChI=1S/C23H35NO3/c1-6-7-8-12-17-19(24-14-23(3,4)5)21(26)18(22(27)20(17)25)16-11-9-10-15(2)13-16/h13,16,24,27H,6-12,14H2,1-5H3. The zero-order valence-electron chi connectivity index (χ0n) is 17.6. The number of ketones is 2. The molecule has 0 heterocycles. The quantitative estimate of drug-likeness (QED) is 0.367. The topological polar surface area (TPSA) is 66.4 Å². The summed E-state index contributed by atoms with van der Waals surface area (Å²) in [5, 5.41) is 13.9. The van der Waals surface area contributed by atoms with Gasteiger partial charge in [0.15, 0.2) is 5.76 Å². The monoisotopic (exact) mass is 373 g/mol. The van der Waals surface area contributed by atoms with Gasteiger partial charge < -0.3 is 10.4 Å². The lowest BCUT2D eigenvalue weighted by molar-refractivity contribution is -0.119. The largest absolute Gasteiger partial charge is 0.504 e. The summed E-state index contributed by atoms with van der Waals surface area (Å²) in [6, 6.07) is 0. The van der Waals surface area contributed by atoms with Crippen LogP contribution >= 0.6 is 0 Å². The first kappa shape index (κ1) is 21.5. The maximum absolute atomic E-state index is 13.3. The fourth-order valence-electron chi connectivity index (χ4n) is 3.77. The Kier molecular flexibility index (Phi) is 7.07. The number of carbonyl (C=O) groups excluding carboxylic acids is 2. The van der Waals surface area contributed by atoms with Gasteiger partial charge in [-0.3, -0.25) is 9.59 Å². The number of nitrogens with one attached hydrogen (secondary N) is 1. The van der Waals surface area contributed by atoms with E-state index in [9.17, 15) is 14.7 Å². The Morgan fingerprint density at radius 3 is 2.48 bits per heavy atom. The summed E-state index contributed by atoms with van der Waals surface area (Å²) in [6.07, 6.45) is 8.25. The Hall–Kier alpha value is -1.84. The number of aliphatic hydroxyl groups excluding tert-OH is 1. The zero-order chi connectivity index (χ0) is 20.2. The number of hydrogen-bond acceptors (Lipinski definition) is 4. The van der Waals surface area contributed by atoms with Crippen LogP contribution in [0.3, 0.4) is 0 Å². The first-order chi connectivity index (χ1) is 12.7. The summed E-state index contributed by atoms with van der Waals surface area (Å²) in [7, 11) is 0. The Morgan fingerprint density at radius 2 is 1.89 bits per heavy atom. The third kappa shape index (κ3) is 5.33. The van der Waals surface area contributed by atoms with Gasteiger partial charge in [-0.15, -0.1) is 0 Å². The van der Waals surface area contributed by atoms with Gasteiger partial charge in [0.1, 0.15) is 0 Å². The van der Waals surface area contributed by atoms with Gasteiger partial charge in [0.2, 0.25) is 11.6 Å². The second-order valence-electron chi connectivity index (χ2n) is 9.16. The second-order valence-corrected chi connectivity index (χ2v) is 9.16. The average Bonchev–Trinajstić information content (AvgIpc) is 2.58. The summed E-state index contributed by atoms with van der Waals surface area (Å²) in [5.74, 6) is -1.06. The molecular weight excluding hydrogens is 338 g/mol. The van der Waals surface area contributed by atoms with Crippen LogP contribution in [0.1, 0.15) is 79.6 Å². The molecule has 0 fully saturated rings. The summed E-state index contributed by atoms with van der Waals surface area (Å²) < 4.78 is 0. The van der Waals surface area contributed by atoms with Gasteiger partial charge in [-0.1, -0.05) is 52.2 Å². The van der Waals surface area contributed by atoms with Gasteiger partial charge in [-0.2, -0.15) is 0 Å². The minimum absolute atomic E-state index is 0.0183. The first-order valence-electron chi connectivity index (χ1n) is 10.3. The van der Waals surface area contributed by atoms with Crippen molar-refractivity contribution in [3.63, 3.8) is 0 Å². The highest BCUT2D eigenvalue weighted by molar-refractivity contribution is 6.24. The Labute approximate surface area is 163 Å². The molecule has 2 N–H and O–H groups in total. The van der Waals surface area contributed by atoms with E-state index in [1.54, 1.807) is 0 Å². The van der Waals surface area contributed by atoms with E-state index in [0.29, 0.717) is 24.2 Å². The molecule has 0 radical (unpaired) electrons. The number of allylic oxidation sites excluding steroid dienone is 4. The number of rotatable bonds is 7. The molecule has 27 heavy (non-hydrogen) atoms. The molecular formula is C23H35NO3. The lowest BCUT2D eigenvalue weighted by Gasteiger charge is -2.29. The van der Waals surface area contributed by atoms with Crippen LogP contribution in [-0.2, 0) is 9.59 Å². The Balaban J connectivity index is 2.39. The molecule has 0 aromatic carbocycles. The molecule has 0 saturated carbocycles. The number of Topliss-reactive ketones (excluding diaryl/α,β-unsaturated/α-hetero) is 2. The summed E-state index contributed by atoms with van der Waals surface area (Å²) in [4.78, 5) is 26.3. The van der Waals surface area contributed by atoms with Crippen LogP contribution in [0.25, 0.3) is 0 Å². The van der Waals surface area contributed by atoms with Crippen molar-refractivity contribution in [2.45, 2.75) is 79.6 Å². The fraction of sp³-hybridized carbons (Fsp3) is 0.652. The molecule has 0 aromatic rings. The van der Waals surface area contributed by atoms with E-state index in [1.807, 2.05) is 13.0 Å². The van der Waals surface area contributed by atoms with E-state index in [1.165, 1.54) is 5.57 Å². The van der Waals surface area contributed by atoms with E-state index < -0.39 is 0 Å². The molecule has 2 aliphatic carbocycles. The average molecular weight is 374 g/mol. The van der Waals surface area contributed by atoms with Crippen molar-refractivity contribution in [3.8, 4) is 0 Å². The molecule has 0 saturated heterocycles. The fourth-order valence-corrected chi connectivity index (χ4v) is 3.77. The third-order valence-electron chi connectivity index (χ3n) is 5.29. The molecule has 0 bridgehead atoms. The van der Waals surface area contributed by atoms with E-state index >= 15 is 0 Å².